The summed E-state index contributed by atoms with van der Waals surface area (Å²) in [5.74, 6) is 0.514. The lowest BCUT2D eigenvalue weighted by molar-refractivity contribution is 0.0949. The normalized spacial score (nSPS) is 17.3. The third-order valence-corrected chi connectivity index (χ3v) is 4.41. The summed E-state index contributed by atoms with van der Waals surface area (Å²) in [5.41, 5.74) is 0.0293. The molecule has 0 radical (unpaired) electrons. The smallest absolute Gasteiger partial charge is 0.266 e. The van der Waals surface area contributed by atoms with Crippen LogP contribution in [0.15, 0.2) is 40.1 Å². The summed E-state index contributed by atoms with van der Waals surface area (Å²) < 4.78 is 1.32. The Morgan fingerprint density at radius 3 is 2.84 bits per heavy atom. The zero-order valence-corrected chi connectivity index (χ0v) is 14.1. The molecular formula is C17H21N5O3. The summed E-state index contributed by atoms with van der Waals surface area (Å²) in [6.07, 6.45) is 4.48. The maximum absolute atomic E-state index is 12.2. The van der Waals surface area contributed by atoms with Crippen LogP contribution in [-0.4, -0.2) is 39.8 Å². The van der Waals surface area contributed by atoms with E-state index in [-0.39, 0.29) is 23.1 Å². The van der Waals surface area contributed by atoms with Crippen LogP contribution in [0.1, 0.15) is 29.6 Å². The first-order valence-corrected chi connectivity index (χ1v) is 8.32. The van der Waals surface area contributed by atoms with Gasteiger partial charge in [0, 0.05) is 44.5 Å². The molecule has 1 aliphatic heterocycles. The first kappa shape index (κ1) is 16.9. The highest BCUT2D eigenvalue weighted by Gasteiger charge is 2.24. The lowest BCUT2D eigenvalue weighted by atomic mass is 10.0. The number of carbonyl (C=O) groups excluding carboxylic acids is 1. The average Bonchev–Trinajstić information content (AvgIpc) is 2.63. The summed E-state index contributed by atoms with van der Waals surface area (Å²) in [6, 6.07) is 6.18. The van der Waals surface area contributed by atoms with E-state index in [9.17, 15) is 14.4 Å². The van der Waals surface area contributed by atoms with Gasteiger partial charge in [-0.05, 0) is 31.4 Å². The Balaban J connectivity index is 1.69. The fraction of sp³-hybridized carbons (Fsp3) is 0.412. The van der Waals surface area contributed by atoms with E-state index in [2.05, 4.69) is 20.3 Å². The molecule has 1 unspecified atom stereocenters. The highest BCUT2D eigenvalue weighted by Crippen LogP contribution is 2.21. The van der Waals surface area contributed by atoms with Crippen molar-refractivity contribution >= 4 is 11.7 Å². The second-order valence-corrected chi connectivity index (χ2v) is 6.15. The number of H-pyrrole nitrogens is 1. The van der Waals surface area contributed by atoms with Gasteiger partial charge < -0.3 is 15.2 Å². The van der Waals surface area contributed by atoms with Gasteiger partial charge in [-0.2, -0.15) is 5.10 Å². The maximum atomic E-state index is 12.2. The quantitative estimate of drug-likeness (QED) is 0.829. The zero-order valence-electron chi connectivity index (χ0n) is 14.1. The van der Waals surface area contributed by atoms with E-state index in [4.69, 9.17) is 0 Å². The Labute approximate surface area is 144 Å². The molecule has 1 saturated heterocycles. The van der Waals surface area contributed by atoms with Crippen LogP contribution < -0.4 is 21.3 Å². The van der Waals surface area contributed by atoms with Crippen LogP contribution in [-0.2, 0) is 7.05 Å². The number of piperidine rings is 1. The van der Waals surface area contributed by atoms with Crippen molar-refractivity contribution in [3.63, 3.8) is 0 Å². The van der Waals surface area contributed by atoms with E-state index in [0.29, 0.717) is 12.1 Å². The lowest BCUT2D eigenvalue weighted by Crippen LogP contribution is -2.47. The lowest BCUT2D eigenvalue weighted by Gasteiger charge is -2.36. The maximum Gasteiger partial charge on any atom is 0.266 e. The second kappa shape index (κ2) is 7.33. The number of carbonyl (C=O) groups is 1. The van der Waals surface area contributed by atoms with Gasteiger partial charge in [0.2, 0.25) is 5.56 Å². The number of aryl methyl sites for hydroxylation is 1. The van der Waals surface area contributed by atoms with E-state index >= 15 is 0 Å². The number of nitrogens with zero attached hydrogens (tertiary/aromatic N) is 3. The molecule has 1 fully saturated rings. The predicted molar refractivity (Wildman–Crippen MR) is 93.9 cm³/mol. The number of pyridine rings is 1. The molecule has 3 heterocycles. The topological polar surface area (TPSA) is 100 Å². The van der Waals surface area contributed by atoms with Crippen LogP contribution in [0.2, 0.25) is 0 Å². The second-order valence-electron chi connectivity index (χ2n) is 6.15. The first-order valence-electron chi connectivity index (χ1n) is 8.32. The standard InChI is InChI=1S/C17H21N5O3/c1-21-16(24)8-6-14(20-21)22-9-3-2-4-13(22)11-19-17(25)12-5-7-15(23)18-10-12/h5-8,10,13H,2-4,9,11H2,1H3,(H,18,23)(H,19,25). The minimum absolute atomic E-state index is 0.116. The summed E-state index contributed by atoms with van der Waals surface area (Å²) in [6.45, 7) is 1.31. The van der Waals surface area contributed by atoms with E-state index in [1.807, 2.05) is 0 Å². The molecule has 0 bridgehead atoms. The SMILES string of the molecule is Cn1nc(N2CCCCC2CNC(=O)c2ccc(=O)[nH]c2)ccc1=O. The highest BCUT2D eigenvalue weighted by atomic mass is 16.2. The van der Waals surface area contributed by atoms with Crippen LogP contribution in [0.5, 0.6) is 0 Å². The first-order chi connectivity index (χ1) is 12.0. The number of rotatable bonds is 4. The minimum Gasteiger partial charge on any atom is -0.350 e. The largest absolute Gasteiger partial charge is 0.350 e. The van der Waals surface area contributed by atoms with Gasteiger partial charge in [-0.25, -0.2) is 4.68 Å². The number of nitrogens with one attached hydrogen (secondary N) is 2. The molecule has 1 aliphatic rings. The van der Waals surface area contributed by atoms with E-state index in [0.717, 1.165) is 31.6 Å². The van der Waals surface area contributed by atoms with Crippen LogP contribution in [0.25, 0.3) is 0 Å². The molecule has 1 atom stereocenters. The van der Waals surface area contributed by atoms with Crippen molar-refractivity contribution in [3.8, 4) is 0 Å². The van der Waals surface area contributed by atoms with Crippen LogP contribution >= 0.6 is 0 Å². The molecule has 8 heteroatoms. The number of hydrogen-bond acceptors (Lipinski definition) is 5. The molecule has 2 aromatic heterocycles. The fourth-order valence-electron chi connectivity index (χ4n) is 3.02. The van der Waals surface area contributed by atoms with E-state index in [1.54, 1.807) is 13.1 Å². The molecule has 3 rings (SSSR count). The summed E-state index contributed by atoms with van der Waals surface area (Å²) in [5, 5.41) is 7.23. The van der Waals surface area contributed by atoms with Crippen molar-refractivity contribution in [2.45, 2.75) is 25.3 Å². The third kappa shape index (κ3) is 3.96. The van der Waals surface area contributed by atoms with E-state index in [1.165, 1.54) is 29.1 Å². The molecule has 0 aromatic carbocycles. The molecule has 132 valence electrons. The van der Waals surface area contributed by atoms with Crippen molar-refractivity contribution in [2.75, 3.05) is 18.0 Å². The van der Waals surface area contributed by atoms with Gasteiger partial charge in [-0.3, -0.25) is 14.4 Å². The van der Waals surface area contributed by atoms with Crippen LogP contribution in [0, 0.1) is 0 Å². The number of aromatic nitrogens is 3. The number of amides is 1. The van der Waals surface area contributed by atoms with Crippen molar-refractivity contribution in [1.29, 1.82) is 0 Å². The van der Waals surface area contributed by atoms with Gasteiger partial charge in [0.05, 0.1) is 5.56 Å². The Kier molecular flexibility index (Phi) is 4.97. The molecule has 2 N–H and O–H groups in total. The fourth-order valence-corrected chi connectivity index (χ4v) is 3.02. The van der Waals surface area contributed by atoms with Crippen LogP contribution in [0.3, 0.4) is 0 Å². The Morgan fingerprint density at radius 2 is 2.12 bits per heavy atom. The predicted octanol–water partition coefficient (Wildman–Crippen LogP) is 0.258. The van der Waals surface area contributed by atoms with Gasteiger partial charge in [0.15, 0.2) is 0 Å². The molecule has 0 spiro atoms. The Hall–Kier alpha value is -2.90. The number of anilines is 1. The molecule has 2 aromatic rings. The minimum atomic E-state index is -0.240. The average molecular weight is 343 g/mol. The van der Waals surface area contributed by atoms with Crippen molar-refractivity contribution in [2.24, 2.45) is 7.05 Å². The summed E-state index contributed by atoms with van der Waals surface area (Å²) >= 11 is 0. The van der Waals surface area contributed by atoms with Gasteiger partial charge in [0.25, 0.3) is 11.5 Å². The zero-order chi connectivity index (χ0) is 17.8. The monoisotopic (exact) mass is 343 g/mol. The number of aromatic amines is 1. The molecule has 0 aliphatic carbocycles. The number of hydrogen-bond donors (Lipinski definition) is 2. The highest BCUT2D eigenvalue weighted by molar-refractivity contribution is 5.93. The molecule has 1 amide bonds. The summed E-state index contributed by atoms with van der Waals surface area (Å²) in [7, 11) is 1.63. The van der Waals surface area contributed by atoms with Gasteiger partial charge in [-0.15, -0.1) is 0 Å². The van der Waals surface area contributed by atoms with Crippen LogP contribution in [0.4, 0.5) is 5.82 Å². The summed E-state index contributed by atoms with van der Waals surface area (Å²) in [4.78, 5) is 39.5. The van der Waals surface area contributed by atoms with Gasteiger partial charge in [-0.1, -0.05) is 0 Å². The van der Waals surface area contributed by atoms with Crippen molar-refractivity contribution in [3.05, 3.63) is 56.7 Å². The van der Waals surface area contributed by atoms with Gasteiger partial charge in [0.1, 0.15) is 5.82 Å². The Morgan fingerprint density at radius 1 is 1.28 bits per heavy atom. The van der Waals surface area contributed by atoms with E-state index < -0.39 is 0 Å². The van der Waals surface area contributed by atoms with Crippen molar-refractivity contribution in [1.82, 2.24) is 20.1 Å². The molecule has 0 saturated carbocycles. The third-order valence-electron chi connectivity index (χ3n) is 4.41. The molecular weight excluding hydrogens is 322 g/mol. The van der Waals surface area contributed by atoms with Gasteiger partial charge >= 0.3 is 0 Å². The Bertz CT molecular complexity index is 853. The van der Waals surface area contributed by atoms with Crippen molar-refractivity contribution < 1.29 is 4.79 Å². The molecule has 8 nitrogen and oxygen atoms in total. The molecule has 25 heavy (non-hydrogen) atoms.